The minimum Gasteiger partial charge on any atom is -0.325 e. The van der Waals surface area contributed by atoms with E-state index in [1.165, 1.54) is 24.2 Å². The average Bonchev–Trinajstić information content (AvgIpc) is 3.11. The van der Waals surface area contributed by atoms with Crippen molar-refractivity contribution in [2.45, 2.75) is 32.2 Å². The second-order valence-corrected chi connectivity index (χ2v) is 4.72. The van der Waals surface area contributed by atoms with Crippen LogP contribution in [0.25, 0.3) is 11.0 Å². The van der Waals surface area contributed by atoms with Crippen LogP contribution in [0.5, 0.6) is 0 Å². The second-order valence-electron chi connectivity index (χ2n) is 4.72. The zero-order valence-corrected chi connectivity index (χ0v) is 10.3. The molecule has 0 radical (unpaired) electrons. The van der Waals surface area contributed by atoms with Gasteiger partial charge in [-0.3, -0.25) is 0 Å². The van der Waals surface area contributed by atoms with E-state index in [0.717, 1.165) is 25.0 Å². The number of para-hydroxylation sites is 2. The molecular formula is C14H19N3. The third-order valence-corrected chi connectivity index (χ3v) is 3.36. The van der Waals surface area contributed by atoms with Crippen molar-refractivity contribution >= 4 is 11.0 Å². The molecule has 90 valence electrons. The molecule has 1 aliphatic carbocycles. The Morgan fingerprint density at radius 2 is 2.18 bits per heavy atom. The summed E-state index contributed by atoms with van der Waals surface area (Å²) in [7, 11) is 0. The number of hydrogen-bond donors (Lipinski definition) is 1. The fourth-order valence-corrected chi connectivity index (χ4v) is 2.39. The summed E-state index contributed by atoms with van der Waals surface area (Å²) < 4.78 is 2.45. The number of aromatic nitrogens is 2. The fraction of sp³-hybridized carbons (Fsp3) is 0.500. The van der Waals surface area contributed by atoms with Crippen LogP contribution in [-0.4, -0.2) is 22.6 Å². The lowest BCUT2D eigenvalue weighted by molar-refractivity contribution is 0.648. The van der Waals surface area contributed by atoms with Crippen LogP contribution in [0, 0.1) is 0 Å². The van der Waals surface area contributed by atoms with Gasteiger partial charge >= 0.3 is 0 Å². The van der Waals surface area contributed by atoms with E-state index >= 15 is 0 Å². The molecule has 1 aliphatic rings. The van der Waals surface area contributed by atoms with Crippen LogP contribution in [0.1, 0.15) is 31.6 Å². The number of rotatable bonds is 5. The number of hydrogen-bond acceptors (Lipinski definition) is 2. The molecule has 3 nitrogen and oxygen atoms in total. The van der Waals surface area contributed by atoms with Crippen molar-refractivity contribution in [3.63, 3.8) is 0 Å². The topological polar surface area (TPSA) is 29.9 Å². The number of nitrogens with zero attached hydrogens (tertiary/aromatic N) is 2. The summed E-state index contributed by atoms with van der Waals surface area (Å²) in [6.45, 7) is 4.19. The predicted molar refractivity (Wildman–Crippen MR) is 70.3 cm³/mol. The van der Waals surface area contributed by atoms with Crippen molar-refractivity contribution in [2.24, 2.45) is 0 Å². The van der Waals surface area contributed by atoms with Gasteiger partial charge in [0.1, 0.15) is 5.82 Å². The van der Waals surface area contributed by atoms with Crippen molar-refractivity contribution in [3.05, 3.63) is 30.1 Å². The van der Waals surface area contributed by atoms with E-state index in [-0.39, 0.29) is 0 Å². The second kappa shape index (κ2) is 4.49. The highest BCUT2D eigenvalue weighted by atomic mass is 15.1. The summed E-state index contributed by atoms with van der Waals surface area (Å²) in [5.41, 5.74) is 2.45. The lowest BCUT2D eigenvalue weighted by atomic mass is 10.3. The highest BCUT2D eigenvalue weighted by molar-refractivity contribution is 5.76. The zero-order valence-electron chi connectivity index (χ0n) is 10.3. The summed E-state index contributed by atoms with van der Waals surface area (Å²) in [6.07, 6.45) is 3.65. The van der Waals surface area contributed by atoms with E-state index in [1.807, 2.05) is 0 Å². The summed E-state index contributed by atoms with van der Waals surface area (Å²) in [4.78, 5) is 4.77. The molecule has 1 N–H and O–H groups in total. The van der Waals surface area contributed by atoms with Gasteiger partial charge in [0.05, 0.1) is 11.0 Å². The van der Waals surface area contributed by atoms with Crippen LogP contribution in [0.2, 0.25) is 0 Å². The average molecular weight is 229 g/mol. The molecule has 0 bridgehead atoms. The van der Waals surface area contributed by atoms with Gasteiger partial charge in [0.25, 0.3) is 0 Å². The van der Waals surface area contributed by atoms with Gasteiger partial charge in [0.15, 0.2) is 0 Å². The first-order valence-electron chi connectivity index (χ1n) is 6.56. The highest BCUT2D eigenvalue weighted by Gasteiger charge is 2.27. The van der Waals surface area contributed by atoms with Crippen molar-refractivity contribution in [1.82, 2.24) is 14.9 Å². The van der Waals surface area contributed by atoms with Gasteiger partial charge in [-0.15, -0.1) is 0 Å². The van der Waals surface area contributed by atoms with Crippen LogP contribution in [-0.2, 0) is 6.42 Å². The van der Waals surface area contributed by atoms with E-state index in [1.54, 1.807) is 0 Å². The van der Waals surface area contributed by atoms with Crippen molar-refractivity contribution in [2.75, 3.05) is 13.1 Å². The smallest absolute Gasteiger partial charge is 0.111 e. The third-order valence-electron chi connectivity index (χ3n) is 3.36. The van der Waals surface area contributed by atoms with Gasteiger partial charge in [-0.05, 0) is 31.5 Å². The normalized spacial score (nSPS) is 15.6. The first kappa shape index (κ1) is 10.8. The highest BCUT2D eigenvalue weighted by Crippen LogP contribution is 2.38. The zero-order chi connectivity index (χ0) is 11.7. The van der Waals surface area contributed by atoms with E-state index < -0.39 is 0 Å². The molecule has 0 aliphatic heterocycles. The Kier molecular flexibility index (Phi) is 2.85. The van der Waals surface area contributed by atoms with Gasteiger partial charge in [0, 0.05) is 19.0 Å². The molecule has 0 unspecified atom stereocenters. The van der Waals surface area contributed by atoms with Gasteiger partial charge < -0.3 is 9.88 Å². The lowest BCUT2D eigenvalue weighted by Crippen LogP contribution is -2.18. The molecule has 17 heavy (non-hydrogen) atoms. The molecule has 0 amide bonds. The first-order valence-corrected chi connectivity index (χ1v) is 6.56. The molecule has 1 fully saturated rings. The lowest BCUT2D eigenvalue weighted by Gasteiger charge is -2.07. The first-order chi connectivity index (χ1) is 8.40. The van der Waals surface area contributed by atoms with E-state index in [9.17, 15) is 0 Å². The number of imidazole rings is 1. The molecule has 3 rings (SSSR count). The largest absolute Gasteiger partial charge is 0.325 e. The van der Waals surface area contributed by atoms with Gasteiger partial charge in [0.2, 0.25) is 0 Å². The van der Waals surface area contributed by atoms with Crippen LogP contribution in [0.3, 0.4) is 0 Å². The molecule has 0 saturated heterocycles. The minimum absolute atomic E-state index is 0.707. The number of benzene rings is 1. The molecule has 1 aromatic carbocycles. The Morgan fingerprint density at radius 3 is 2.94 bits per heavy atom. The number of fused-ring (bicyclic) bond motifs is 1. The van der Waals surface area contributed by atoms with Crippen LogP contribution >= 0.6 is 0 Å². The SMILES string of the molecule is CCNCCc1nc2ccccc2n1C1CC1. The van der Waals surface area contributed by atoms with E-state index in [0.29, 0.717) is 6.04 Å². The molecule has 0 spiro atoms. The maximum Gasteiger partial charge on any atom is 0.111 e. The molecule has 1 saturated carbocycles. The molecular weight excluding hydrogens is 210 g/mol. The van der Waals surface area contributed by atoms with E-state index in [4.69, 9.17) is 4.98 Å². The number of likely N-dealkylation sites (N-methyl/N-ethyl adjacent to an activating group) is 1. The molecule has 1 aromatic heterocycles. The van der Waals surface area contributed by atoms with Crippen molar-refractivity contribution in [3.8, 4) is 0 Å². The Morgan fingerprint density at radius 1 is 1.35 bits per heavy atom. The van der Waals surface area contributed by atoms with Gasteiger partial charge in [-0.1, -0.05) is 19.1 Å². The predicted octanol–water partition coefficient (Wildman–Crippen LogP) is 2.52. The monoisotopic (exact) mass is 229 g/mol. The Bertz CT molecular complexity index is 511. The maximum absolute atomic E-state index is 4.77. The molecule has 1 heterocycles. The minimum atomic E-state index is 0.707. The Hall–Kier alpha value is -1.35. The summed E-state index contributed by atoms with van der Waals surface area (Å²) >= 11 is 0. The van der Waals surface area contributed by atoms with Crippen molar-refractivity contribution in [1.29, 1.82) is 0 Å². The molecule has 2 aromatic rings. The third kappa shape index (κ3) is 2.07. The summed E-state index contributed by atoms with van der Waals surface area (Å²) in [5.74, 6) is 1.25. The molecule has 0 atom stereocenters. The van der Waals surface area contributed by atoms with Crippen LogP contribution in [0.15, 0.2) is 24.3 Å². The van der Waals surface area contributed by atoms with Crippen LogP contribution < -0.4 is 5.32 Å². The van der Waals surface area contributed by atoms with Crippen molar-refractivity contribution < 1.29 is 0 Å². The van der Waals surface area contributed by atoms with E-state index in [2.05, 4.69) is 41.1 Å². The maximum atomic E-state index is 4.77. The molecule has 3 heteroatoms. The Labute approximate surface area is 102 Å². The van der Waals surface area contributed by atoms with Crippen LogP contribution in [0.4, 0.5) is 0 Å². The van der Waals surface area contributed by atoms with Gasteiger partial charge in [-0.2, -0.15) is 0 Å². The quantitative estimate of drug-likeness (QED) is 0.798. The fourth-order valence-electron chi connectivity index (χ4n) is 2.39. The standard InChI is InChI=1S/C14H19N3/c1-2-15-10-9-14-16-12-5-3-4-6-13(12)17(14)11-7-8-11/h3-6,11,15H,2,7-10H2,1H3. The summed E-state index contributed by atoms with van der Waals surface area (Å²) in [5, 5.41) is 3.37. The number of nitrogens with one attached hydrogen (secondary N) is 1. The summed E-state index contributed by atoms with van der Waals surface area (Å²) in [6, 6.07) is 9.19. The van der Waals surface area contributed by atoms with Gasteiger partial charge in [-0.25, -0.2) is 4.98 Å². The Balaban J connectivity index is 1.95.